The SMILES string of the molecule is C[C@H]1CC[C@H](OCCN2CCOCC2)CC1. The fraction of sp³-hybridized carbons (Fsp3) is 1.00. The van der Waals surface area contributed by atoms with Crippen LogP contribution in [0.25, 0.3) is 0 Å². The third kappa shape index (κ3) is 4.04. The normalized spacial score (nSPS) is 32.8. The van der Waals surface area contributed by atoms with Crippen molar-refractivity contribution in [2.45, 2.75) is 38.7 Å². The van der Waals surface area contributed by atoms with Gasteiger partial charge in [0, 0.05) is 19.6 Å². The van der Waals surface area contributed by atoms with Crippen molar-refractivity contribution in [3.63, 3.8) is 0 Å². The van der Waals surface area contributed by atoms with E-state index in [4.69, 9.17) is 9.47 Å². The highest BCUT2D eigenvalue weighted by Gasteiger charge is 2.18. The molecule has 1 aliphatic heterocycles. The highest BCUT2D eigenvalue weighted by molar-refractivity contribution is 4.70. The second-order valence-corrected chi connectivity index (χ2v) is 5.21. The average molecular weight is 227 g/mol. The van der Waals surface area contributed by atoms with Gasteiger partial charge in [0.1, 0.15) is 0 Å². The molecule has 0 aromatic rings. The maximum atomic E-state index is 5.95. The van der Waals surface area contributed by atoms with Crippen LogP contribution in [0.5, 0.6) is 0 Å². The van der Waals surface area contributed by atoms with Gasteiger partial charge in [-0.25, -0.2) is 0 Å². The van der Waals surface area contributed by atoms with Crippen LogP contribution < -0.4 is 0 Å². The molecule has 0 aromatic heterocycles. The number of ether oxygens (including phenoxy) is 2. The molecular formula is C13H25NO2. The molecule has 0 atom stereocenters. The monoisotopic (exact) mass is 227 g/mol. The van der Waals surface area contributed by atoms with Gasteiger partial charge in [-0.2, -0.15) is 0 Å². The summed E-state index contributed by atoms with van der Waals surface area (Å²) >= 11 is 0. The van der Waals surface area contributed by atoms with Crippen LogP contribution >= 0.6 is 0 Å². The van der Waals surface area contributed by atoms with Gasteiger partial charge in [-0.05, 0) is 31.6 Å². The van der Waals surface area contributed by atoms with Crippen LogP contribution in [-0.4, -0.2) is 50.5 Å². The van der Waals surface area contributed by atoms with Crippen LogP contribution in [0.15, 0.2) is 0 Å². The van der Waals surface area contributed by atoms with Crippen molar-refractivity contribution in [2.24, 2.45) is 5.92 Å². The second-order valence-electron chi connectivity index (χ2n) is 5.21. The molecule has 1 saturated heterocycles. The Hall–Kier alpha value is -0.120. The lowest BCUT2D eigenvalue weighted by molar-refractivity contribution is -0.0123. The van der Waals surface area contributed by atoms with Crippen LogP contribution in [0.1, 0.15) is 32.6 Å². The molecule has 0 amide bonds. The van der Waals surface area contributed by atoms with Gasteiger partial charge in [-0.1, -0.05) is 6.92 Å². The first-order chi connectivity index (χ1) is 7.84. The Bertz CT molecular complexity index is 184. The summed E-state index contributed by atoms with van der Waals surface area (Å²) in [6.45, 7) is 8.26. The Morgan fingerprint density at radius 3 is 2.50 bits per heavy atom. The van der Waals surface area contributed by atoms with Gasteiger partial charge in [-0.15, -0.1) is 0 Å². The van der Waals surface area contributed by atoms with E-state index in [2.05, 4.69) is 11.8 Å². The fourth-order valence-electron chi connectivity index (χ4n) is 2.57. The molecule has 0 N–H and O–H groups in total. The number of morpholine rings is 1. The predicted molar refractivity (Wildman–Crippen MR) is 64.6 cm³/mol. The first-order valence-electron chi connectivity index (χ1n) is 6.76. The van der Waals surface area contributed by atoms with Gasteiger partial charge in [-0.3, -0.25) is 4.90 Å². The quantitative estimate of drug-likeness (QED) is 0.732. The number of hydrogen-bond acceptors (Lipinski definition) is 3. The summed E-state index contributed by atoms with van der Waals surface area (Å²) in [7, 11) is 0. The summed E-state index contributed by atoms with van der Waals surface area (Å²) in [5.74, 6) is 0.916. The molecule has 0 unspecified atom stereocenters. The Balaban J connectivity index is 1.53. The molecule has 2 rings (SSSR count). The standard InChI is InChI=1S/C13H25NO2/c1-12-2-4-13(5-3-12)16-11-8-14-6-9-15-10-7-14/h12-13H,2-11H2,1H3/t12-,13-. The van der Waals surface area contributed by atoms with Gasteiger partial charge in [0.2, 0.25) is 0 Å². The van der Waals surface area contributed by atoms with E-state index in [0.29, 0.717) is 6.10 Å². The Labute approximate surface area is 99.1 Å². The highest BCUT2D eigenvalue weighted by Crippen LogP contribution is 2.25. The first kappa shape index (κ1) is 12.3. The Morgan fingerprint density at radius 1 is 1.12 bits per heavy atom. The van der Waals surface area contributed by atoms with Crippen molar-refractivity contribution >= 4 is 0 Å². The molecule has 1 aliphatic carbocycles. The largest absolute Gasteiger partial charge is 0.379 e. The third-order valence-electron chi connectivity index (χ3n) is 3.83. The smallest absolute Gasteiger partial charge is 0.0597 e. The number of hydrogen-bond donors (Lipinski definition) is 0. The predicted octanol–water partition coefficient (Wildman–Crippen LogP) is 1.91. The van der Waals surface area contributed by atoms with Crippen LogP contribution in [-0.2, 0) is 9.47 Å². The topological polar surface area (TPSA) is 21.7 Å². The maximum absolute atomic E-state index is 5.95. The van der Waals surface area contributed by atoms with Crippen molar-refractivity contribution in [1.29, 1.82) is 0 Å². The molecule has 2 fully saturated rings. The lowest BCUT2D eigenvalue weighted by Gasteiger charge is -2.29. The van der Waals surface area contributed by atoms with E-state index in [1.165, 1.54) is 25.7 Å². The summed E-state index contributed by atoms with van der Waals surface area (Å²) in [6, 6.07) is 0. The minimum atomic E-state index is 0.539. The molecule has 2 aliphatic rings. The maximum Gasteiger partial charge on any atom is 0.0597 e. The van der Waals surface area contributed by atoms with E-state index in [1.54, 1.807) is 0 Å². The van der Waals surface area contributed by atoms with E-state index in [0.717, 1.165) is 45.4 Å². The summed E-state index contributed by atoms with van der Waals surface area (Å²) in [6.07, 6.45) is 5.77. The fourth-order valence-corrected chi connectivity index (χ4v) is 2.57. The lowest BCUT2D eigenvalue weighted by atomic mass is 9.89. The highest BCUT2D eigenvalue weighted by atomic mass is 16.5. The van der Waals surface area contributed by atoms with Crippen molar-refractivity contribution in [3.8, 4) is 0 Å². The molecule has 0 aromatic carbocycles. The summed E-state index contributed by atoms with van der Waals surface area (Å²) in [5.41, 5.74) is 0. The van der Waals surface area contributed by atoms with Crippen molar-refractivity contribution in [1.82, 2.24) is 4.90 Å². The van der Waals surface area contributed by atoms with Crippen LogP contribution in [0, 0.1) is 5.92 Å². The van der Waals surface area contributed by atoms with Gasteiger partial charge in [0.25, 0.3) is 0 Å². The van der Waals surface area contributed by atoms with Gasteiger partial charge in [0.05, 0.1) is 25.9 Å². The molecule has 3 nitrogen and oxygen atoms in total. The van der Waals surface area contributed by atoms with Crippen LogP contribution in [0.3, 0.4) is 0 Å². The molecule has 0 spiro atoms. The molecule has 3 heteroatoms. The van der Waals surface area contributed by atoms with Gasteiger partial charge in [0.15, 0.2) is 0 Å². The van der Waals surface area contributed by atoms with Crippen molar-refractivity contribution < 1.29 is 9.47 Å². The minimum Gasteiger partial charge on any atom is -0.379 e. The van der Waals surface area contributed by atoms with Gasteiger partial charge >= 0.3 is 0 Å². The molecule has 1 heterocycles. The van der Waals surface area contributed by atoms with E-state index in [-0.39, 0.29) is 0 Å². The zero-order valence-corrected chi connectivity index (χ0v) is 10.5. The van der Waals surface area contributed by atoms with E-state index < -0.39 is 0 Å². The van der Waals surface area contributed by atoms with Crippen LogP contribution in [0.2, 0.25) is 0 Å². The average Bonchev–Trinajstić information content (AvgIpc) is 2.33. The zero-order valence-electron chi connectivity index (χ0n) is 10.5. The summed E-state index contributed by atoms with van der Waals surface area (Å²) in [5, 5.41) is 0. The minimum absolute atomic E-state index is 0.539. The zero-order chi connectivity index (χ0) is 11.2. The molecule has 16 heavy (non-hydrogen) atoms. The summed E-state index contributed by atoms with van der Waals surface area (Å²) < 4.78 is 11.3. The van der Waals surface area contributed by atoms with E-state index in [1.807, 2.05) is 0 Å². The molecular weight excluding hydrogens is 202 g/mol. The van der Waals surface area contributed by atoms with Gasteiger partial charge < -0.3 is 9.47 Å². The lowest BCUT2D eigenvalue weighted by Crippen LogP contribution is -2.38. The first-order valence-corrected chi connectivity index (χ1v) is 6.76. The van der Waals surface area contributed by atoms with E-state index in [9.17, 15) is 0 Å². The van der Waals surface area contributed by atoms with E-state index >= 15 is 0 Å². The second kappa shape index (κ2) is 6.58. The molecule has 0 radical (unpaired) electrons. The molecule has 94 valence electrons. The van der Waals surface area contributed by atoms with Crippen molar-refractivity contribution in [3.05, 3.63) is 0 Å². The van der Waals surface area contributed by atoms with Crippen molar-refractivity contribution in [2.75, 3.05) is 39.5 Å². The third-order valence-corrected chi connectivity index (χ3v) is 3.83. The Kier molecular flexibility index (Phi) is 5.07. The number of rotatable bonds is 4. The molecule has 1 saturated carbocycles. The Morgan fingerprint density at radius 2 is 1.81 bits per heavy atom. The molecule has 0 bridgehead atoms. The summed E-state index contributed by atoms with van der Waals surface area (Å²) in [4.78, 5) is 2.44. The number of nitrogens with zero attached hydrogens (tertiary/aromatic N) is 1. The van der Waals surface area contributed by atoms with Crippen LogP contribution in [0.4, 0.5) is 0 Å².